The number of hydrogen-bond donors (Lipinski definition) is 3. The molecular weight excluding hydrogens is 747 g/mol. The van der Waals surface area contributed by atoms with Crippen LogP contribution < -0.4 is 5.32 Å². The third kappa shape index (κ3) is 46.4. The van der Waals surface area contributed by atoms with Gasteiger partial charge < -0.3 is 15.5 Å². The molecule has 0 radical (unpaired) electrons. The van der Waals surface area contributed by atoms with E-state index in [-0.39, 0.29) is 12.5 Å². The summed E-state index contributed by atoms with van der Waals surface area (Å²) in [6.45, 7) is 4.00. The van der Waals surface area contributed by atoms with Gasteiger partial charge in [0.1, 0.15) is 0 Å². The van der Waals surface area contributed by atoms with Gasteiger partial charge in [-0.2, -0.15) is 0 Å². The van der Waals surface area contributed by atoms with Crippen molar-refractivity contribution in [2.45, 2.75) is 161 Å². The molecule has 2 unspecified atom stereocenters. The molecule has 0 aromatic carbocycles. The minimum atomic E-state index is -0.900. The molecule has 336 valence electrons. The molecule has 0 heterocycles. The first-order chi connectivity index (χ1) is 30.2. The molecule has 0 rings (SSSR count). The van der Waals surface area contributed by atoms with Gasteiger partial charge in [0.05, 0.1) is 18.8 Å². The third-order valence-electron chi connectivity index (χ3n) is 9.11. The number of unbranched alkanes of at least 4 members (excludes halogenated alkanes) is 4. The van der Waals surface area contributed by atoms with E-state index >= 15 is 0 Å². The Morgan fingerprint density at radius 2 is 0.672 bits per heavy atom. The van der Waals surface area contributed by atoms with Crippen molar-refractivity contribution in [2.75, 3.05) is 6.61 Å². The molecule has 0 saturated heterocycles. The van der Waals surface area contributed by atoms with Crippen molar-refractivity contribution >= 4 is 5.91 Å². The first kappa shape index (κ1) is 56.5. The molecule has 1 amide bonds. The molecule has 0 aromatic rings. The standard InChI is InChI=1S/C57H85NO3/c1-3-5-7-9-11-13-15-16-17-18-19-20-21-22-23-24-25-26-27-28-29-30-31-32-33-34-35-36-37-38-39-40-41-42-43-45-47-49-51-53-57(61)58-55(54-59)56(60)52-50-48-46-44-14-12-10-8-6-4-2/h5-8,11,13-14,16-17,19-20,22-23,25-26,28-29,31-32,34-35,37-38,40-41,43-45,50,52,55-56,59-60H,3-4,9-10,12,15,18,21,24,27,30,33,36,39,42,46-49,51,53-54H2,1-2H3,(H,58,61)/b7-5-,8-6+,13-11-,17-16-,20-19-,23-22-,26-25-,29-28-,32-31-,35-34-,38-37-,41-40-,44-14+,45-43-,52-50+. The molecule has 4 heteroatoms. The van der Waals surface area contributed by atoms with Crippen LogP contribution in [0, 0.1) is 0 Å². The van der Waals surface area contributed by atoms with Crippen LogP contribution in [0.15, 0.2) is 182 Å². The maximum Gasteiger partial charge on any atom is 0.220 e. The Labute approximate surface area is 374 Å². The number of amides is 1. The first-order valence-corrected chi connectivity index (χ1v) is 23.5. The second kappa shape index (κ2) is 49.8. The van der Waals surface area contributed by atoms with Gasteiger partial charge in [-0.15, -0.1) is 0 Å². The Balaban J connectivity index is 3.79. The molecule has 0 spiro atoms. The minimum absolute atomic E-state index is 0.133. The lowest BCUT2D eigenvalue weighted by Gasteiger charge is -2.19. The van der Waals surface area contributed by atoms with E-state index < -0.39 is 12.1 Å². The fourth-order valence-corrected chi connectivity index (χ4v) is 5.61. The van der Waals surface area contributed by atoms with Crippen LogP contribution in [0.1, 0.15) is 149 Å². The van der Waals surface area contributed by atoms with Crippen molar-refractivity contribution in [3.8, 4) is 0 Å². The largest absolute Gasteiger partial charge is 0.394 e. The van der Waals surface area contributed by atoms with Gasteiger partial charge in [0.2, 0.25) is 5.91 Å². The fraction of sp³-hybridized carbons (Fsp3) is 0.456. The topological polar surface area (TPSA) is 69.6 Å². The monoisotopic (exact) mass is 832 g/mol. The molecule has 0 bridgehead atoms. The van der Waals surface area contributed by atoms with Crippen molar-refractivity contribution in [1.29, 1.82) is 0 Å². The second-order valence-electron chi connectivity index (χ2n) is 14.7. The summed E-state index contributed by atoms with van der Waals surface area (Å²) in [6, 6.07) is -0.681. The summed E-state index contributed by atoms with van der Waals surface area (Å²) in [7, 11) is 0. The maximum absolute atomic E-state index is 12.3. The van der Waals surface area contributed by atoms with E-state index in [1.807, 2.05) is 6.08 Å². The highest BCUT2D eigenvalue weighted by Crippen LogP contribution is 2.06. The predicted molar refractivity (Wildman–Crippen MR) is 270 cm³/mol. The first-order valence-electron chi connectivity index (χ1n) is 23.5. The molecule has 61 heavy (non-hydrogen) atoms. The summed E-state index contributed by atoms with van der Waals surface area (Å²) in [5, 5.41) is 22.8. The third-order valence-corrected chi connectivity index (χ3v) is 9.11. The van der Waals surface area contributed by atoms with E-state index in [1.165, 1.54) is 0 Å². The smallest absolute Gasteiger partial charge is 0.220 e. The van der Waals surface area contributed by atoms with E-state index in [9.17, 15) is 15.0 Å². The summed E-state index contributed by atoms with van der Waals surface area (Å²) >= 11 is 0. The zero-order chi connectivity index (χ0) is 44.2. The van der Waals surface area contributed by atoms with Gasteiger partial charge in [-0.25, -0.2) is 0 Å². The number of aliphatic hydroxyl groups excluding tert-OH is 2. The van der Waals surface area contributed by atoms with Crippen LogP contribution in [0.25, 0.3) is 0 Å². The normalized spacial score (nSPS) is 14.6. The van der Waals surface area contributed by atoms with E-state index in [1.54, 1.807) is 6.08 Å². The number of allylic oxidation sites excluding steroid dienone is 29. The lowest BCUT2D eigenvalue weighted by atomic mass is 10.1. The predicted octanol–water partition coefficient (Wildman–Crippen LogP) is 15.4. The van der Waals surface area contributed by atoms with Crippen LogP contribution in [0.3, 0.4) is 0 Å². The van der Waals surface area contributed by atoms with Crippen molar-refractivity contribution in [3.05, 3.63) is 182 Å². The Morgan fingerprint density at radius 1 is 0.393 bits per heavy atom. The van der Waals surface area contributed by atoms with E-state index in [0.717, 1.165) is 128 Å². The van der Waals surface area contributed by atoms with E-state index in [4.69, 9.17) is 0 Å². The molecule has 0 fully saturated rings. The number of rotatable bonds is 39. The Bertz CT molecular complexity index is 1450. The number of hydrogen-bond acceptors (Lipinski definition) is 3. The summed E-state index contributed by atoms with van der Waals surface area (Å²) in [6.07, 6.45) is 84.5. The second-order valence-corrected chi connectivity index (χ2v) is 14.7. The zero-order valence-electron chi connectivity index (χ0n) is 38.3. The lowest BCUT2D eigenvalue weighted by molar-refractivity contribution is -0.123. The van der Waals surface area contributed by atoms with Crippen molar-refractivity contribution < 1.29 is 15.0 Å². The highest BCUT2D eigenvalue weighted by Gasteiger charge is 2.17. The van der Waals surface area contributed by atoms with E-state index in [2.05, 4.69) is 189 Å². The van der Waals surface area contributed by atoms with Crippen molar-refractivity contribution in [3.63, 3.8) is 0 Å². The molecule has 4 nitrogen and oxygen atoms in total. The van der Waals surface area contributed by atoms with Crippen LogP contribution in [0.4, 0.5) is 0 Å². The van der Waals surface area contributed by atoms with Crippen LogP contribution in [0.2, 0.25) is 0 Å². The SMILES string of the molecule is CC/C=C\C/C=C\C/C=C\C/C=C\C/C=C\C/C=C\C/C=C\C/C=C\C/C=C\C/C=C\C/C=C\C/C=C\CCCCC(=O)NC(CO)C(O)/C=C/CC/C=C/CC/C=C/CC. The van der Waals surface area contributed by atoms with Gasteiger partial charge >= 0.3 is 0 Å². The van der Waals surface area contributed by atoms with Gasteiger partial charge in [-0.05, 0) is 128 Å². The summed E-state index contributed by atoms with van der Waals surface area (Å²) in [4.78, 5) is 12.3. The van der Waals surface area contributed by atoms with Gasteiger partial charge in [0, 0.05) is 6.42 Å². The molecule has 0 aliphatic rings. The molecule has 0 aromatic heterocycles. The van der Waals surface area contributed by atoms with Crippen molar-refractivity contribution in [1.82, 2.24) is 5.32 Å². The van der Waals surface area contributed by atoms with Crippen LogP contribution in [-0.4, -0.2) is 34.9 Å². The summed E-state index contributed by atoms with van der Waals surface area (Å²) in [5.74, 6) is -0.133. The average molecular weight is 832 g/mol. The van der Waals surface area contributed by atoms with Gasteiger partial charge in [-0.3, -0.25) is 4.79 Å². The molecule has 2 atom stereocenters. The van der Waals surface area contributed by atoms with Gasteiger partial charge in [0.15, 0.2) is 0 Å². The molecule has 0 aliphatic carbocycles. The van der Waals surface area contributed by atoms with Crippen molar-refractivity contribution in [2.24, 2.45) is 0 Å². The van der Waals surface area contributed by atoms with Gasteiger partial charge in [0.25, 0.3) is 0 Å². The molecule has 3 N–H and O–H groups in total. The average Bonchev–Trinajstić information content (AvgIpc) is 3.26. The highest BCUT2D eigenvalue weighted by atomic mass is 16.3. The van der Waals surface area contributed by atoms with Gasteiger partial charge in [-0.1, -0.05) is 196 Å². The number of carbonyl (C=O) groups is 1. The molecule has 0 aliphatic heterocycles. The zero-order valence-corrected chi connectivity index (χ0v) is 38.3. The van der Waals surface area contributed by atoms with Crippen LogP contribution in [0.5, 0.6) is 0 Å². The Hall–Kier alpha value is -4.51. The molecular formula is C57H85NO3. The summed E-state index contributed by atoms with van der Waals surface area (Å²) < 4.78 is 0. The molecule has 0 saturated carbocycles. The Morgan fingerprint density at radius 3 is 1.02 bits per heavy atom. The fourth-order valence-electron chi connectivity index (χ4n) is 5.61. The van der Waals surface area contributed by atoms with E-state index in [0.29, 0.717) is 6.42 Å². The maximum atomic E-state index is 12.3. The Kier molecular flexibility index (Phi) is 46.2. The number of aliphatic hydroxyl groups is 2. The minimum Gasteiger partial charge on any atom is -0.394 e. The number of carbonyl (C=O) groups excluding carboxylic acids is 1. The lowest BCUT2D eigenvalue weighted by Crippen LogP contribution is -2.45. The summed E-state index contributed by atoms with van der Waals surface area (Å²) in [5.41, 5.74) is 0. The number of nitrogens with one attached hydrogen (secondary N) is 1. The quantitative estimate of drug-likeness (QED) is 0.0427. The highest BCUT2D eigenvalue weighted by molar-refractivity contribution is 5.76. The van der Waals surface area contributed by atoms with Crippen LogP contribution >= 0.6 is 0 Å². The van der Waals surface area contributed by atoms with Crippen LogP contribution in [-0.2, 0) is 4.79 Å².